The molecule has 1 fully saturated rings. The van der Waals surface area contributed by atoms with Crippen molar-refractivity contribution in [3.63, 3.8) is 0 Å². The number of ether oxygens (including phenoxy) is 1. The molecule has 5 heteroatoms. The average molecular weight is 307 g/mol. The Morgan fingerprint density at radius 1 is 1.29 bits per heavy atom. The van der Waals surface area contributed by atoms with Crippen LogP contribution in [0.3, 0.4) is 0 Å². The van der Waals surface area contributed by atoms with Crippen molar-refractivity contribution in [2.45, 2.75) is 31.1 Å². The van der Waals surface area contributed by atoms with Gasteiger partial charge in [-0.2, -0.15) is 11.8 Å². The lowest BCUT2D eigenvalue weighted by Gasteiger charge is -2.33. The summed E-state index contributed by atoms with van der Waals surface area (Å²) in [6.45, 7) is 0.616. The molecule has 0 bridgehead atoms. The number of benzene rings is 1. The molecule has 0 unspecified atom stereocenters. The van der Waals surface area contributed by atoms with Crippen molar-refractivity contribution in [1.29, 1.82) is 0 Å². The van der Waals surface area contributed by atoms with E-state index >= 15 is 0 Å². The number of likely N-dealkylation sites (tertiary alicyclic amines) is 1. The van der Waals surface area contributed by atoms with Gasteiger partial charge in [-0.3, -0.25) is 4.79 Å². The average Bonchev–Trinajstić information content (AvgIpc) is 2.54. The molecular weight excluding hydrogens is 286 g/mol. The van der Waals surface area contributed by atoms with Crippen LogP contribution < -0.4 is 0 Å². The van der Waals surface area contributed by atoms with Gasteiger partial charge in [0, 0.05) is 17.9 Å². The smallest absolute Gasteiger partial charge is 0.328 e. The molecule has 0 spiro atoms. The summed E-state index contributed by atoms with van der Waals surface area (Å²) < 4.78 is 4.82. The van der Waals surface area contributed by atoms with Gasteiger partial charge in [-0.1, -0.05) is 12.1 Å². The molecule has 0 radical (unpaired) electrons. The second-order valence-electron chi connectivity index (χ2n) is 5.16. The van der Waals surface area contributed by atoms with E-state index in [2.05, 4.69) is 0 Å². The molecule has 1 saturated heterocycles. The first-order chi connectivity index (χ1) is 10.2. The second kappa shape index (κ2) is 7.50. The molecule has 2 rings (SSSR count). The minimum absolute atomic E-state index is 0.0826. The molecule has 0 aromatic heterocycles. The summed E-state index contributed by atoms with van der Waals surface area (Å²) in [6, 6.07) is 7.19. The van der Waals surface area contributed by atoms with E-state index in [-0.39, 0.29) is 11.9 Å². The molecule has 4 nitrogen and oxygen atoms in total. The van der Waals surface area contributed by atoms with E-state index in [1.165, 1.54) is 12.7 Å². The number of rotatable bonds is 4. The first-order valence-corrected chi connectivity index (χ1v) is 8.53. The van der Waals surface area contributed by atoms with E-state index < -0.39 is 6.04 Å². The van der Waals surface area contributed by atoms with E-state index in [1.54, 1.807) is 16.7 Å². The summed E-state index contributed by atoms with van der Waals surface area (Å²) in [5.41, 5.74) is 1.83. The summed E-state index contributed by atoms with van der Waals surface area (Å²) >= 11 is 1.75. The largest absolute Gasteiger partial charge is 0.467 e. The molecular formula is C16H21NO3S. The molecule has 1 aliphatic rings. The van der Waals surface area contributed by atoms with Crippen LogP contribution in [0.1, 0.15) is 35.2 Å². The zero-order valence-electron chi connectivity index (χ0n) is 12.5. The maximum atomic E-state index is 12.6. The Labute approximate surface area is 129 Å². The highest BCUT2D eigenvalue weighted by Gasteiger charge is 2.33. The predicted molar refractivity (Wildman–Crippen MR) is 84.4 cm³/mol. The predicted octanol–water partition coefficient (Wildman–Crippen LogP) is 2.72. The monoisotopic (exact) mass is 307 g/mol. The number of hydrogen-bond acceptors (Lipinski definition) is 4. The molecule has 0 N–H and O–H groups in total. The Balaban J connectivity index is 2.14. The number of amides is 1. The highest BCUT2D eigenvalue weighted by Crippen LogP contribution is 2.21. The summed E-state index contributed by atoms with van der Waals surface area (Å²) in [4.78, 5) is 26.1. The molecule has 0 aliphatic carbocycles. The molecule has 0 saturated carbocycles. The zero-order valence-corrected chi connectivity index (χ0v) is 13.3. The second-order valence-corrected chi connectivity index (χ2v) is 6.03. The van der Waals surface area contributed by atoms with Crippen molar-refractivity contribution in [2.24, 2.45) is 0 Å². The lowest BCUT2D eigenvalue weighted by molar-refractivity contribution is -0.147. The van der Waals surface area contributed by atoms with Gasteiger partial charge in [0.25, 0.3) is 5.91 Å². The standard InChI is InChI=1S/C16H21NO3S/c1-20-16(19)14-5-3-4-10-17(14)15(18)13-8-6-12(7-9-13)11-21-2/h6-9,14H,3-5,10-11H2,1-2H3/t14-/m1/s1. The molecule has 1 amide bonds. The van der Waals surface area contributed by atoms with Crippen LogP contribution >= 0.6 is 11.8 Å². The van der Waals surface area contributed by atoms with Crippen molar-refractivity contribution < 1.29 is 14.3 Å². The molecule has 1 aromatic rings. The number of carbonyl (C=O) groups excluding carboxylic acids is 2. The fourth-order valence-electron chi connectivity index (χ4n) is 2.63. The first-order valence-electron chi connectivity index (χ1n) is 7.14. The van der Waals surface area contributed by atoms with Crippen molar-refractivity contribution in [3.8, 4) is 0 Å². The fourth-order valence-corrected chi connectivity index (χ4v) is 3.16. The van der Waals surface area contributed by atoms with E-state index in [4.69, 9.17) is 4.74 Å². The topological polar surface area (TPSA) is 46.6 Å². The highest BCUT2D eigenvalue weighted by atomic mass is 32.2. The van der Waals surface area contributed by atoms with Gasteiger partial charge in [0.15, 0.2) is 0 Å². The third-order valence-corrected chi connectivity index (χ3v) is 4.37. The number of piperidine rings is 1. The number of nitrogens with zero attached hydrogens (tertiary/aromatic N) is 1. The van der Waals surface area contributed by atoms with Crippen molar-refractivity contribution in [1.82, 2.24) is 4.90 Å². The van der Waals surface area contributed by atoms with Crippen LogP contribution in [0.15, 0.2) is 24.3 Å². The van der Waals surface area contributed by atoms with Crippen LogP contribution in [-0.4, -0.2) is 42.7 Å². The normalized spacial score (nSPS) is 18.4. The zero-order chi connectivity index (χ0) is 15.2. The van der Waals surface area contributed by atoms with E-state index in [1.807, 2.05) is 30.5 Å². The SMILES string of the molecule is COC(=O)[C@H]1CCCCN1C(=O)c1ccc(CSC)cc1. The number of esters is 1. The number of methoxy groups -OCH3 is 1. The lowest BCUT2D eigenvalue weighted by Crippen LogP contribution is -2.48. The van der Waals surface area contributed by atoms with Crippen molar-refractivity contribution >= 4 is 23.6 Å². The van der Waals surface area contributed by atoms with Crippen LogP contribution in [0.4, 0.5) is 0 Å². The van der Waals surface area contributed by atoms with Gasteiger partial charge >= 0.3 is 5.97 Å². The quantitative estimate of drug-likeness (QED) is 0.803. The number of carbonyl (C=O) groups is 2. The highest BCUT2D eigenvalue weighted by molar-refractivity contribution is 7.97. The Bertz CT molecular complexity index is 501. The fraction of sp³-hybridized carbons (Fsp3) is 0.500. The summed E-state index contributed by atoms with van der Waals surface area (Å²) in [7, 11) is 1.37. The third-order valence-electron chi connectivity index (χ3n) is 3.75. The van der Waals surface area contributed by atoms with Crippen LogP contribution in [0, 0.1) is 0 Å². The first kappa shape index (κ1) is 15.9. The van der Waals surface area contributed by atoms with E-state index in [9.17, 15) is 9.59 Å². The minimum Gasteiger partial charge on any atom is -0.467 e. The third kappa shape index (κ3) is 3.79. The molecule has 1 heterocycles. The van der Waals surface area contributed by atoms with Crippen LogP contribution in [0.2, 0.25) is 0 Å². The van der Waals surface area contributed by atoms with Crippen LogP contribution in [0.5, 0.6) is 0 Å². The van der Waals surface area contributed by atoms with E-state index in [0.717, 1.165) is 18.6 Å². The maximum Gasteiger partial charge on any atom is 0.328 e. The number of hydrogen-bond donors (Lipinski definition) is 0. The van der Waals surface area contributed by atoms with Gasteiger partial charge < -0.3 is 9.64 Å². The Hall–Kier alpha value is -1.49. The minimum atomic E-state index is -0.442. The Morgan fingerprint density at radius 3 is 2.62 bits per heavy atom. The van der Waals surface area contributed by atoms with Gasteiger partial charge in [-0.15, -0.1) is 0 Å². The van der Waals surface area contributed by atoms with Crippen molar-refractivity contribution in [3.05, 3.63) is 35.4 Å². The van der Waals surface area contributed by atoms with Crippen molar-refractivity contribution in [2.75, 3.05) is 19.9 Å². The van der Waals surface area contributed by atoms with Gasteiger partial charge in [0.05, 0.1) is 7.11 Å². The molecule has 1 atom stereocenters. The van der Waals surface area contributed by atoms with Gasteiger partial charge in [0.1, 0.15) is 6.04 Å². The van der Waals surface area contributed by atoms with E-state index in [0.29, 0.717) is 18.5 Å². The summed E-state index contributed by atoms with van der Waals surface area (Å²) in [5.74, 6) is 0.533. The van der Waals surface area contributed by atoms with Gasteiger partial charge in [0.2, 0.25) is 0 Å². The molecule has 114 valence electrons. The van der Waals surface area contributed by atoms with Gasteiger partial charge in [-0.05, 0) is 43.2 Å². The maximum absolute atomic E-state index is 12.6. The Kier molecular flexibility index (Phi) is 5.67. The summed E-state index contributed by atoms with van der Waals surface area (Å²) in [5, 5.41) is 0. The van der Waals surface area contributed by atoms with Gasteiger partial charge in [-0.25, -0.2) is 4.79 Å². The molecule has 1 aromatic carbocycles. The lowest BCUT2D eigenvalue weighted by atomic mass is 10.0. The van der Waals surface area contributed by atoms with Crippen LogP contribution in [0.25, 0.3) is 0 Å². The van der Waals surface area contributed by atoms with Crippen LogP contribution in [-0.2, 0) is 15.3 Å². The molecule has 21 heavy (non-hydrogen) atoms. The summed E-state index contributed by atoms with van der Waals surface area (Å²) in [6.07, 6.45) is 4.62. The molecule has 1 aliphatic heterocycles. The number of thioether (sulfide) groups is 1. The Morgan fingerprint density at radius 2 is 2.00 bits per heavy atom.